The van der Waals surface area contributed by atoms with Gasteiger partial charge in [0.1, 0.15) is 0 Å². The maximum absolute atomic E-state index is 12.2. The minimum absolute atomic E-state index is 0.291. The third-order valence-corrected chi connectivity index (χ3v) is 5.93. The lowest BCUT2D eigenvalue weighted by molar-refractivity contribution is 0.107. The summed E-state index contributed by atoms with van der Waals surface area (Å²) in [6.07, 6.45) is 6.74. The van der Waals surface area contributed by atoms with Crippen molar-refractivity contribution in [2.24, 2.45) is 5.92 Å². The summed E-state index contributed by atoms with van der Waals surface area (Å²) in [6, 6.07) is 0. The van der Waals surface area contributed by atoms with Crippen LogP contribution < -0.4 is 0 Å². The number of β-amino-alcohol motifs (C(OH)–C–C–N with tert-alkyl or cyclic N) is 1. The predicted octanol–water partition coefficient (Wildman–Crippen LogP) is 1.35. The van der Waals surface area contributed by atoms with Crippen molar-refractivity contribution in [2.75, 3.05) is 18.8 Å². The second-order valence-corrected chi connectivity index (χ2v) is 7.45. The van der Waals surface area contributed by atoms with E-state index in [0.717, 1.165) is 25.7 Å². The third kappa shape index (κ3) is 3.66. The van der Waals surface area contributed by atoms with Crippen LogP contribution in [-0.4, -0.2) is 42.8 Å². The van der Waals surface area contributed by atoms with Crippen LogP contribution in [0, 0.1) is 5.92 Å². The summed E-state index contributed by atoms with van der Waals surface area (Å²) in [4.78, 5) is 0. The quantitative estimate of drug-likeness (QED) is 0.834. The molecule has 2 rings (SSSR count). The first-order chi connectivity index (χ1) is 8.08. The Labute approximate surface area is 104 Å². The van der Waals surface area contributed by atoms with E-state index in [2.05, 4.69) is 0 Å². The van der Waals surface area contributed by atoms with Crippen molar-refractivity contribution in [3.8, 4) is 0 Å². The summed E-state index contributed by atoms with van der Waals surface area (Å²) in [5.41, 5.74) is 0. The van der Waals surface area contributed by atoms with E-state index in [4.69, 9.17) is 0 Å². The molecule has 1 atom stereocenters. The maximum atomic E-state index is 12.2. The Morgan fingerprint density at radius 3 is 2.41 bits per heavy atom. The van der Waals surface area contributed by atoms with Crippen molar-refractivity contribution in [1.82, 2.24) is 4.31 Å². The summed E-state index contributed by atoms with van der Waals surface area (Å²) in [5, 5.41) is 9.54. The molecule has 17 heavy (non-hydrogen) atoms. The van der Waals surface area contributed by atoms with Crippen LogP contribution in [0.3, 0.4) is 0 Å². The number of hydrogen-bond donors (Lipinski definition) is 1. The molecule has 4 nitrogen and oxygen atoms in total. The van der Waals surface area contributed by atoms with Gasteiger partial charge in [-0.15, -0.1) is 0 Å². The van der Waals surface area contributed by atoms with Crippen LogP contribution in [0.1, 0.15) is 44.9 Å². The molecule has 0 spiro atoms. The molecule has 1 aliphatic heterocycles. The predicted molar refractivity (Wildman–Crippen MR) is 67.2 cm³/mol. The highest BCUT2D eigenvalue weighted by Crippen LogP contribution is 2.26. The smallest absolute Gasteiger partial charge is 0.214 e. The fraction of sp³-hybridized carbons (Fsp3) is 1.00. The molecule has 0 aromatic rings. The zero-order valence-corrected chi connectivity index (χ0v) is 11.2. The minimum atomic E-state index is -3.14. The van der Waals surface area contributed by atoms with Crippen LogP contribution >= 0.6 is 0 Å². The highest BCUT2D eigenvalue weighted by Gasteiger charge is 2.30. The lowest BCUT2D eigenvalue weighted by atomic mass is 9.91. The maximum Gasteiger partial charge on any atom is 0.214 e. The lowest BCUT2D eigenvalue weighted by Gasteiger charge is -2.31. The van der Waals surface area contributed by atoms with E-state index < -0.39 is 16.1 Å². The number of aliphatic hydroxyl groups excluding tert-OH is 1. The summed E-state index contributed by atoms with van der Waals surface area (Å²) >= 11 is 0. The molecule has 0 unspecified atom stereocenters. The lowest BCUT2D eigenvalue weighted by Crippen LogP contribution is -2.44. The first kappa shape index (κ1) is 13.3. The second kappa shape index (κ2) is 5.67. The molecule has 2 fully saturated rings. The Hall–Kier alpha value is -0.130. The molecular weight excluding hydrogens is 238 g/mol. The van der Waals surface area contributed by atoms with Gasteiger partial charge in [-0.1, -0.05) is 19.3 Å². The topological polar surface area (TPSA) is 57.6 Å². The van der Waals surface area contributed by atoms with Crippen LogP contribution in [0.5, 0.6) is 0 Å². The molecule has 0 aromatic carbocycles. The van der Waals surface area contributed by atoms with Gasteiger partial charge in [-0.25, -0.2) is 8.42 Å². The van der Waals surface area contributed by atoms with E-state index in [9.17, 15) is 13.5 Å². The molecule has 5 heteroatoms. The molecule has 1 aliphatic carbocycles. The van der Waals surface area contributed by atoms with E-state index in [1.807, 2.05) is 0 Å². The summed E-state index contributed by atoms with van der Waals surface area (Å²) in [6.45, 7) is 0.890. The second-order valence-electron chi connectivity index (χ2n) is 5.44. The van der Waals surface area contributed by atoms with Gasteiger partial charge in [0.2, 0.25) is 10.0 Å². The molecule has 2 aliphatic rings. The number of piperidine rings is 1. The molecule has 100 valence electrons. The van der Waals surface area contributed by atoms with E-state index in [-0.39, 0.29) is 0 Å². The van der Waals surface area contributed by atoms with E-state index in [1.165, 1.54) is 23.6 Å². The van der Waals surface area contributed by atoms with Crippen molar-refractivity contribution in [2.45, 2.75) is 51.0 Å². The zero-order chi connectivity index (χ0) is 12.3. The number of nitrogens with zero attached hydrogens (tertiary/aromatic N) is 1. The van der Waals surface area contributed by atoms with Gasteiger partial charge in [0.05, 0.1) is 11.9 Å². The van der Waals surface area contributed by atoms with E-state index in [1.54, 1.807) is 0 Å². The van der Waals surface area contributed by atoms with Gasteiger partial charge in [0, 0.05) is 13.1 Å². The highest BCUT2D eigenvalue weighted by molar-refractivity contribution is 7.89. The minimum Gasteiger partial charge on any atom is -0.392 e. The van der Waals surface area contributed by atoms with Gasteiger partial charge in [-0.05, 0) is 31.6 Å². The largest absolute Gasteiger partial charge is 0.392 e. The Morgan fingerprint density at radius 1 is 1.06 bits per heavy atom. The first-order valence-corrected chi connectivity index (χ1v) is 8.35. The molecule has 1 heterocycles. The molecule has 0 amide bonds. The van der Waals surface area contributed by atoms with Crippen LogP contribution in [0.4, 0.5) is 0 Å². The molecule has 1 saturated heterocycles. The van der Waals surface area contributed by atoms with Crippen molar-refractivity contribution in [3.63, 3.8) is 0 Å². The number of hydrogen-bond acceptors (Lipinski definition) is 3. The normalized spacial score (nSPS) is 29.4. The summed E-state index contributed by atoms with van der Waals surface area (Å²) < 4.78 is 25.9. The summed E-state index contributed by atoms with van der Waals surface area (Å²) in [7, 11) is -3.14. The monoisotopic (exact) mass is 261 g/mol. The third-order valence-electron chi connectivity index (χ3n) is 3.92. The molecule has 0 aromatic heterocycles. The average Bonchev–Trinajstić information content (AvgIpc) is 2.30. The molecular formula is C12H23NO3S. The number of rotatable bonds is 3. The van der Waals surface area contributed by atoms with Gasteiger partial charge in [-0.2, -0.15) is 4.31 Å². The number of aliphatic hydroxyl groups is 1. The molecule has 0 bridgehead atoms. The van der Waals surface area contributed by atoms with Crippen molar-refractivity contribution >= 4 is 10.0 Å². The fourth-order valence-corrected chi connectivity index (χ4v) is 4.88. The van der Waals surface area contributed by atoms with Gasteiger partial charge < -0.3 is 5.11 Å². The van der Waals surface area contributed by atoms with E-state index >= 15 is 0 Å². The Balaban J connectivity index is 1.92. The van der Waals surface area contributed by atoms with Crippen LogP contribution in [0.15, 0.2) is 0 Å². The van der Waals surface area contributed by atoms with Gasteiger partial charge in [0.15, 0.2) is 0 Å². The van der Waals surface area contributed by atoms with Crippen molar-refractivity contribution in [1.29, 1.82) is 0 Å². The van der Waals surface area contributed by atoms with E-state index in [0.29, 0.717) is 24.8 Å². The molecule has 1 saturated carbocycles. The van der Waals surface area contributed by atoms with Crippen LogP contribution in [0.2, 0.25) is 0 Å². The Kier molecular flexibility index (Phi) is 4.44. The highest BCUT2D eigenvalue weighted by atomic mass is 32.2. The van der Waals surface area contributed by atoms with Crippen LogP contribution in [-0.2, 0) is 10.0 Å². The average molecular weight is 261 g/mol. The Morgan fingerprint density at radius 2 is 1.76 bits per heavy atom. The van der Waals surface area contributed by atoms with Crippen molar-refractivity contribution in [3.05, 3.63) is 0 Å². The van der Waals surface area contributed by atoms with Gasteiger partial charge >= 0.3 is 0 Å². The standard InChI is InChI=1S/C12H23NO3S/c14-12-7-4-8-13(9-12)17(15,16)10-11-5-2-1-3-6-11/h11-12,14H,1-10H2/t12-/m0/s1. The van der Waals surface area contributed by atoms with Crippen molar-refractivity contribution < 1.29 is 13.5 Å². The molecule has 1 N–H and O–H groups in total. The van der Waals surface area contributed by atoms with Crippen LogP contribution in [0.25, 0.3) is 0 Å². The fourth-order valence-electron chi connectivity index (χ4n) is 2.93. The Bertz CT molecular complexity index is 336. The SMILES string of the molecule is O=S(=O)(CC1CCCCC1)N1CCC[C@H](O)C1. The van der Waals surface area contributed by atoms with Gasteiger partial charge in [-0.3, -0.25) is 0 Å². The first-order valence-electron chi connectivity index (χ1n) is 6.74. The molecule has 0 radical (unpaired) electrons. The summed E-state index contributed by atoms with van der Waals surface area (Å²) in [5.74, 6) is 0.632. The zero-order valence-electron chi connectivity index (χ0n) is 10.3. The van der Waals surface area contributed by atoms with Gasteiger partial charge in [0.25, 0.3) is 0 Å². The number of sulfonamides is 1.